The molecule has 1 fully saturated rings. The molecule has 0 saturated carbocycles. The minimum atomic E-state index is -0.726. The Hall–Kier alpha value is -2.55. The first-order chi connectivity index (χ1) is 17.7. The maximum Gasteiger partial charge on any atom is 0.277 e. The summed E-state index contributed by atoms with van der Waals surface area (Å²) in [6, 6.07) is 7.61. The normalized spacial score (nSPS) is 13.4. The average Bonchev–Trinajstić information content (AvgIpc) is 3.27. The van der Waals surface area contributed by atoms with Crippen molar-refractivity contribution in [2.24, 2.45) is 0 Å². The van der Waals surface area contributed by atoms with E-state index in [1.807, 2.05) is 0 Å². The van der Waals surface area contributed by atoms with Crippen LogP contribution in [-0.2, 0) is 14.4 Å². The molecule has 3 aromatic rings. The van der Waals surface area contributed by atoms with Crippen molar-refractivity contribution in [1.82, 2.24) is 25.1 Å². The Morgan fingerprint density at radius 1 is 1.11 bits per heavy atom. The van der Waals surface area contributed by atoms with E-state index in [1.54, 1.807) is 17.0 Å². The van der Waals surface area contributed by atoms with E-state index < -0.39 is 11.8 Å². The molecule has 0 unspecified atom stereocenters. The first-order valence-electron chi connectivity index (χ1n) is 10.7. The molecule has 1 aliphatic heterocycles. The predicted molar refractivity (Wildman–Crippen MR) is 142 cm³/mol. The monoisotopic (exact) mass is 674 g/mol. The molecule has 37 heavy (non-hydrogen) atoms. The van der Waals surface area contributed by atoms with Crippen LogP contribution in [0.1, 0.15) is 20.8 Å². The number of amides is 3. The Morgan fingerprint density at radius 3 is 2.59 bits per heavy atom. The minimum absolute atomic E-state index is 0.00690. The van der Waals surface area contributed by atoms with E-state index in [0.717, 1.165) is 0 Å². The number of nitrogens with one attached hydrogen (secondary N) is 2. The van der Waals surface area contributed by atoms with Crippen LogP contribution in [0.3, 0.4) is 0 Å². The fraction of sp³-hybridized carbons (Fsp3) is 0.227. The topological polar surface area (TPSA) is 128 Å². The van der Waals surface area contributed by atoms with Crippen LogP contribution in [0.5, 0.6) is 0 Å². The molecule has 3 heterocycles. The Labute approximate surface area is 237 Å². The Kier molecular flexibility index (Phi) is 9.16. The van der Waals surface area contributed by atoms with Gasteiger partial charge in [-0.25, -0.2) is 15.1 Å². The molecular weight excluding hydrogens is 659 g/mol. The van der Waals surface area contributed by atoms with Gasteiger partial charge in [0.15, 0.2) is 12.4 Å². The number of halogens is 4. The van der Waals surface area contributed by atoms with E-state index in [9.17, 15) is 14.4 Å². The number of aromatic nitrogens is 3. The summed E-state index contributed by atoms with van der Waals surface area (Å²) >= 11 is 19.0. The van der Waals surface area contributed by atoms with Gasteiger partial charge in [0.1, 0.15) is 10.3 Å². The summed E-state index contributed by atoms with van der Waals surface area (Å²) in [7, 11) is 0. The number of pyridine rings is 1. The van der Waals surface area contributed by atoms with Crippen LogP contribution < -0.4 is 10.8 Å². The number of rotatable bonds is 7. The van der Waals surface area contributed by atoms with Crippen molar-refractivity contribution in [3.05, 3.63) is 66.9 Å². The van der Waals surface area contributed by atoms with E-state index >= 15 is 0 Å². The highest BCUT2D eigenvalue weighted by Gasteiger charge is 2.24. The fourth-order valence-corrected chi connectivity index (χ4v) is 4.87. The minimum Gasteiger partial charge on any atom is -0.378 e. The lowest BCUT2D eigenvalue weighted by atomic mass is 10.1. The van der Waals surface area contributed by atoms with Crippen molar-refractivity contribution in [1.29, 1.82) is 0 Å². The maximum atomic E-state index is 13.3. The third-order valence-electron chi connectivity index (χ3n) is 5.11. The Morgan fingerprint density at radius 2 is 1.86 bits per heavy atom. The fourth-order valence-electron chi connectivity index (χ4n) is 3.39. The summed E-state index contributed by atoms with van der Waals surface area (Å²) in [5.41, 5.74) is 2.43. The molecular formula is C22H18Br2Cl2N6O5. The van der Waals surface area contributed by atoms with E-state index in [4.69, 9.17) is 32.8 Å². The lowest BCUT2D eigenvalue weighted by Crippen LogP contribution is -2.43. The van der Waals surface area contributed by atoms with Gasteiger partial charge in [0.2, 0.25) is 0 Å². The molecule has 0 atom stereocenters. The highest BCUT2D eigenvalue weighted by atomic mass is 79.9. The van der Waals surface area contributed by atoms with Crippen LogP contribution in [-0.4, -0.2) is 70.3 Å². The number of anilines is 1. The van der Waals surface area contributed by atoms with Gasteiger partial charge < -0.3 is 15.0 Å². The van der Waals surface area contributed by atoms with Crippen LogP contribution >= 0.6 is 55.1 Å². The molecule has 3 amide bonds. The quantitative estimate of drug-likeness (QED) is 0.364. The van der Waals surface area contributed by atoms with Crippen LogP contribution in [0.25, 0.3) is 5.82 Å². The van der Waals surface area contributed by atoms with Crippen molar-refractivity contribution in [3.63, 3.8) is 0 Å². The lowest BCUT2D eigenvalue weighted by Gasteiger charge is -2.26. The van der Waals surface area contributed by atoms with Gasteiger partial charge in [0.05, 0.1) is 29.5 Å². The molecule has 0 bridgehead atoms. The smallest absolute Gasteiger partial charge is 0.277 e. The summed E-state index contributed by atoms with van der Waals surface area (Å²) in [5, 5.41) is 7.45. The summed E-state index contributed by atoms with van der Waals surface area (Å²) in [6.07, 6.45) is 1.51. The van der Waals surface area contributed by atoms with Crippen molar-refractivity contribution < 1.29 is 24.0 Å². The number of carbonyl (C=O) groups is 3. The number of morpholine rings is 1. The summed E-state index contributed by atoms with van der Waals surface area (Å²) in [6.45, 7) is 1.42. The van der Waals surface area contributed by atoms with Crippen LogP contribution in [0.15, 0.2) is 45.6 Å². The molecule has 1 saturated heterocycles. The zero-order chi connectivity index (χ0) is 26.5. The highest BCUT2D eigenvalue weighted by Crippen LogP contribution is 2.32. The number of ether oxygens (including phenoxy) is 1. The largest absolute Gasteiger partial charge is 0.378 e. The van der Waals surface area contributed by atoms with Gasteiger partial charge in [0.25, 0.3) is 17.7 Å². The SMILES string of the molecule is O=C(NOCC(=O)N1CCOCC1)c1cc(Cl)cc(Br)c1NC(=O)c1cc(Br)nn1-c1ncccc1Cl. The molecule has 0 aliphatic carbocycles. The van der Waals surface area contributed by atoms with Gasteiger partial charge in [-0.15, -0.1) is 0 Å². The highest BCUT2D eigenvalue weighted by molar-refractivity contribution is 9.10. The van der Waals surface area contributed by atoms with Crippen molar-refractivity contribution in [2.75, 3.05) is 38.2 Å². The predicted octanol–water partition coefficient (Wildman–Crippen LogP) is 3.87. The van der Waals surface area contributed by atoms with Crippen LogP contribution in [0.2, 0.25) is 10.0 Å². The summed E-state index contributed by atoms with van der Waals surface area (Å²) < 4.78 is 7.19. The molecule has 0 radical (unpaired) electrons. The van der Waals surface area contributed by atoms with E-state index in [-0.39, 0.29) is 45.3 Å². The Bertz CT molecular complexity index is 1350. The summed E-state index contributed by atoms with van der Waals surface area (Å²) in [4.78, 5) is 49.4. The molecule has 1 aromatic carbocycles. The Balaban J connectivity index is 1.52. The number of hydrogen-bond donors (Lipinski definition) is 2. The zero-order valence-electron chi connectivity index (χ0n) is 18.8. The van der Waals surface area contributed by atoms with Gasteiger partial charge in [-0.05, 0) is 56.1 Å². The van der Waals surface area contributed by atoms with Crippen molar-refractivity contribution in [2.45, 2.75) is 0 Å². The molecule has 2 N–H and O–H groups in total. The molecule has 0 spiro atoms. The van der Waals surface area contributed by atoms with Crippen LogP contribution in [0.4, 0.5) is 5.69 Å². The molecule has 194 valence electrons. The van der Waals surface area contributed by atoms with Gasteiger partial charge in [0, 0.05) is 34.8 Å². The molecule has 15 heteroatoms. The van der Waals surface area contributed by atoms with Crippen LogP contribution in [0, 0.1) is 0 Å². The number of hydroxylamine groups is 1. The maximum absolute atomic E-state index is 13.3. The number of hydrogen-bond acceptors (Lipinski definition) is 7. The second-order valence-electron chi connectivity index (χ2n) is 7.55. The van der Waals surface area contributed by atoms with E-state index in [2.05, 4.69) is 52.7 Å². The van der Waals surface area contributed by atoms with E-state index in [1.165, 1.54) is 29.1 Å². The van der Waals surface area contributed by atoms with Crippen molar-refractivity contribution >= 4 is 78.5 Å². The van der Waals surface area contributed by atoms with Crippen molar-refractivity contribution in [3.8, 4) is 5.82 Å². The molecule has 1 aliphatic rings. The summed E-state index contributed by atoms with van der Waals surface area (Å²) in [5.74, 6) is -1.39. The average molecular weight is 677 g/mol. The van der Waals surface area contributed by atoms with Gasteiger partial charge in [-0.3, -0.25) is 19.2 Å². The second kappa shape index (κ2) is 12.3. The third-order valence-corrected chi connectivity index (χ3v) is 6.64. The van der Waals surface area contributed by atoms with E-state index in [0.29, 0.717) is 35.4 Å². The number of benzene rings is 1. The van der Waals surface area contributed by atoms with Gasteiger partial charge in [-0.2, -0.15) is 5.10 Å². The number of nitrogens with zero attached hydrogens (tertiary/aromatic N) is 4. The third kappa shape index (κ3) is 6.67. The van der Waals surface area contributed by atoms with Gasteiger partial charge in [-0.1, -0.05) is 23.2 Å². The molecule has 2 aromatic heterocycles. The lowest BCUT2D eigenvalue weighted by molar-refractivity contribution is -0.142. The van der Waals surface area contributed by atoms with Gasteiger partial charge >= 0.3 is 0 Å². The second-order valence-corrected chi connectivity index (χ2v) is 10.1. The number of carbonyl (C=O) groups excluding carboxylic acids is 3. The standard InChI is InChI=1S/C22H18Br2Cl2N6O5/c23-14-9-12(25)8-13(21(34)30-37-11-18(33)31-4-6-36-7-5-31)19(14)28-22(35)16-10-17(24)29-32(16)20-15(26)2-1-3-27-20/h1-3,8-10H,4-7,11H2,(H,28,35)(H,30,34). The zero-order valence-corrected chi connectivity index (χ0v) is 23.5. The first-order valence-corrected chi connectivity index (χ1v) is 13.0. The first kappa shape index (κ1) is 27.5. The molecule has 11 nitrogen and oxygen atoms in total. The molecule has 4 rings (SSSR count).